The third kappa shape index (κ3) is 3.51. The van der Waals surface area contributed by atoms with Crippen LogP contribution in [0.5, 0.6) is 0 Å². The Morgan fingerprint density at radius 1 is 1.41 bits per heavy atom. The molecule has 11 heteroatoms. The smallest absolute Gasteiger partial charge is 0.280 e. The summed E-state index contributed by atoms with van der Waals surface area (Å²) < 4.78 is 11.6. The molecule has 140 valence electrons. The zero-order chi connectivity index (χ0) is 18.8. The molecule has 1 saturated heterocycles. The van der Waals surface area contributed by atoms with Gasteiger partial charge in [0.15, 0.2) is 11.8 Å². The van der Waals surface area contributed by atoms with Gasteiger partial charge in [0.2, 0.25) is 11.6 Å². The minimum atomic E-state index is -0.803. The van der Waals surface area contributed by atoms with Crippen molar-refractivity contribution in [2.24, 2.45) is 0 Å². The Morgan fingerprint density at radius 2 is 2.22 bits per heavy atom. The summed E-state index contributed by atoms with van der Waals surface area (Å²) >= 11 is 0. The molecule has 2 atom stereocenters. The van der Waals surface area contributed by atoms with Gasteiger partial charge in [0.05, 0.1) is 6.61 Å². The molecule has 0 saturated carbocycles. The summed E-state index contributed by atoms with van der Waals surface area (Å²) in [5.41, 5.74) is 0.00239. The van der Waals surface area contributed by atoms with Crippen LogP contribution in [-0.4, -0.2) is 56.5 Å². The molecule has 4 rings (SSSR count). The molecule has 0 aliphatic carbocycles. The van der Waals surface area contributed by atoms with Crippen LogP contribution in [0.3, 0.4) is 0 Å². The highest BCUT2D eigenvalue weighted by molar-refractivity contribution is 6.03. The molecule has 11 nitrogen and oxygen atoms in total. The van der Waals surface area contributed by atoms with Crippen LogP contribution in [0.2, 0.25) is 0 Å². The largest absolute Gasteiger partial charge is 0.391 e. The summed E-state index contributed by atoms with van der Waals surface area (Å²) in [6, 6.07) is 8.50. The van der Waals surface area contributed by atoms with E-state index in [0.29, 0.717) is 5.56 Å². The number of imidazole rings is 1. The molecule has 1 aliphatic rings. The minimum absolute atomic E-state index is 0.0327. The van der Waals surface area contributed by atoms with Crippen molar-refractivity contribution in [3.8, 4) is 0 Å². The number of benzene rings is 1. The molecule has 27 heavy (non-hydrogen) atoms. The summed E-state index contributed by atoms with van der Waals surface area (Å²) in [6.45, 7) is -0.218. The highest BCUT2D eigenvalue weighted by atomic mass is 16.9. The molecule has 0 radical (unpaired) electrons. The van der Waals surface area contributed by atoms with E-state index in [1.54, 1.807) is 30.3 Å². The van der Waals surface area contributed by atoms with Gasteiger partial charge in [-0.1, -0.05) is 18.2 Å². The van der Waals surface area contributed by atoms with Crippen molar-refractivity contribution in [3.63, 3.8) is 0 Å². The minimum Gasteiger partial charge on any atom is -0.391 e. The zero-order valence-electron chi connectivity index (χ0n) is 13.9. The van der Waals surface area contributed by atoms with E-state index in [0.717, 1.165) is 4.73 Å². The van der Waals surface area contributed by atoms with E-state index in [2.05, 4.69) is 20.3 Å². The number of hydrogen-bond donors (Lipinski definition) is 3. The van der Waals surface area contributed by atoms with Crippen molar-refractivity contribution >= 4 is 23.0 Å². The van der Waals surface area contributed by atoms with Crippen LogP contribution in [-0.2, 0) is 9.47 Å². The number of carbonyl (C=O) groups excluding carboxylic acids is 1. The Kier molecular flexibility index (Phi) is 4.54. The van der Waals surface area contributed by atoms with Crippen LogP contribution in [0.15, 0.2) is 41.5 Å². The number of nitrogens with one attached hydrogen (secondary N) is 2. The van der Waals surface area contributed by atoms with E-state index < -0.39 is 24.0 Å². The third-order valence-electron chi connectivity index (χ3n) is 3.75. The number of aromatic nitrogens is 4. The first-order valence-electron chi connectivity index (χ1n) is 8.03. The van der Waals surface area contributed by atoms with Crippen molar-refractivity contribution in [1.82, 2.24) is 19.7 Å². The number of rotatable bonds is 5. The summed E-state index contributed by atoms with van der Waals surface area (Å²) in [4.78, 5) is 40.6. The van der Waals surface area contributed by atoms with Crippen molar-refractivity contribution in [1.29, 1.82) is 0 Å². The van der Waals surface area contributed by atoms with E-state index in [1.807, 2.05) is 0 Å². The number of nitrogens with zero attached hydrogens (tertiary/aromatic N) is 3. The standard InChI is InChI=1S/C16H15N5O6/c22-6-10-25-7-11(26-10)27-21-8-17-12-13(21)18-16(20-15(12)24)19-14(23)9-4-2-1-3-5-9/h1-5,8,10-11,22H,6-7H2,(H2,18,19,20,23,24)/t10?,11-/m1/s1. The average molecular weight is 373 g/mol. The van der Waals surface area contributed by atoms with Crippen molar-refractivity contribution in [3.05, 3.63) is 52.6 Å². The molecule has 1 aliphatic heterocycles. The zero-order valence-corrected chi connectivity index (χ0v) is 13.9. The average Bonchev–Trinajstić information content (AvgIpc) is 3.30. The molecule has 3 N–H and O–H groups in total. The highest BCUT2D eigenvalue weighted by Crippen LogP contribution is 2.13. The molecule has 2 aromatic heterocycles. The molecule has 1 amide bonds. The lowest BCUT2D eigenvalue weighted by Gasteiger charge is -2.12. The quantitative estimate of drug-likeness (QED) is 0.543. The van der Waals surface area contributed by atoms with E-state index in [-0.39, 0.29) is 30.3 Å². The first-order chi connectivity index (χ1) is 13.1. The van der Waals surface area contributed by atoms with Gasteiger partial charge in [-0.2, -0.15) is 4.98 Å². The molecule has 1 aromatic carbocycles. The van der Waals surface area contributed by atoms with Crippen molar-refractivity contribution in [2.75, 3.05) is 18.5 Å². The topological polar surface area (TPSA) is 141 Å². The number of ether oxygens (including phenoxy) is 2. The number of anilines is 1. The fraction of sp³-hybridized carbons (Fsp3) is 0.250. The Labute approximate surface area is 151 Å². The van der Waals surface area contributed by atoms with Crippen LogP contribution in [0.4, 0.5) is 5.95 Å². The van der Waals surface area contributed by atoms with Crippen LogP contribution in [0.1, 0.15) is 10.4 Å². The second kappa shape index (κ2) is 7.15. The molecule has 3 heterocycles. The van der Waals surface area contributed by atoms with E-state index in [1.165, 1.54) is 6.33 Å². The number of H-pyrrole nitrogens is 1. The second-order valence-electron chi connectivity index (χ2n) is 5.59. The van der Waals surface area contributed by atoms with E-state index >= 15 is 0 Å². The fourth-order valence-electron chi connectivity index (χ4n) is 2.51. The maximum atomic E-state index is 12.2. The lowest BCUT2D eigenvalue weighted by Crippen LogP contribution is -2.28. The SMILES string of the molecule is O=C(Nc1nc2c(ncn2O[C@@H]2COC(CO)O2)c(=O)[nH]1)c1ccccc1. The van der Waals surface area contributed by atoms with Gasteiger partial charge in [-0.15, -0.1) is 4.73 Å². The van der Waals surface area contributed by atoms with Crippen LogP contribution in [0.25, 0.3) is 11.2 Å². The predicted octanol–water partition coefficient (Wildman–Crippen LogP) is -0.508. The van der Waals surface area contributed by atoms with Gasteiger partial charge in [0.1, 0.15) is 12.9 Å². The maximum Gasteiger partial charge on any atom is 0.280 e. The summed E-state index contributed by atoms with van der Waals surface area (Å²) in [5.74, 6) is -0.480. The number of hydrogen-bond acceptors (Lipinski definition) is 8. The summed E-state index contributed by atoms with van der Waals surface area (Å²) in [5, 5.41) is 11.5. The van der Waals surface area contributed by atoms with Gasteiger partial charge < -0.3 is 19.4 Å². The second-order valence-corrected chi connectivity index (χ2v) is 5.59. The normalized spacial score (nSPS) is 19.3. The van der Waals surface area contributed by atoms with Crippen LogP contribution in [0, 0.1) is 0 Å². The fourth-order valence-corrected chi connectivity index (χ4v) is 2.51. The summed E-state index contributed by atoms with van der Waals surface area (Å²) in [7, 11) is 0. The van der Waals surface area contributed by atoms with Gasteiger partial charge in [-0.25, -0.2) is 4.98 Å². The molecule has 3 aromatic rings. The van der Waals surface area contributed by atoms with Crippen molar-refractivity contribution in [2.45, 2.75) is 12.6 Å². The number of carbonyl (C=O) groups is 1. The molecule has 1 fully saturated rings. The van der Waals surface area contributed by atoms with Crippen molar-refractivity contribution < 1.29 is 24.2 Å². The number of aliphatic hydroxyl groups excluding tert-OH is 1. The first-order valence-corrected chi connectivity index (χ1v) is 8.03. The number of fused-ring (bicyclic) bond motifs is 1. The first kappa shape index (κ1) is 17.1. The Bertz CT molecular complexity index is 1020. The lowest BCUT2D eigenvalue weighted by molar-refractivity contribution is -0.155. The molecular formula is C16H15N5O6. The highest BCUT2D eigenvalue weighted by Gasteiger charge is 2.28. The number of aromatic amines is 1. The monoisotopic (exact) mass is 373 g/mol. The maximum absolute atomic E-state index is 12.2. The van der Waals surface area contributed by atoms with Crippen LogP contribution < -0.4 is 15.7 Å². The van der Waals surface area contributed by atoms with Gasteiger partial charge in [-0.05, 0) is 12.1 Å². The van der Waals surface area contributed by atoms with Crippen LogP contribution >= 0.6 is 0 Å². The van der Waals surface area contributed by atoms with Gasteiger partial charge in [-0.3, -0.25) is 19.9 Å². The summed E-state index contributed by atoms with van der Waals surface area (Å²) in [6.07, 6.45) is -0.324. The predicted molar refractivity (Wildman–Crippen MR) is 90.8 cm³/mol. The molecule has 0 spiro atoms. The Balaban J connectivity index is 1.58. The molecule has 0 bridgehead atoms. The molecule has 1 unspecified atom stereocenters. The third-order valence-corrected chi connectivity index (χ3v) is 3.75. The Hall–Kier alpha value is -3.28. The van der Waals surface area contributed by atoms with Gasteiger partial charge >= 0.3 is 0 Å². The molecular weight excluding hydrogens is 358 g/mol. The Morgan fingerprint density at radius 3 is 2.96 bits per heavy atom. The number of aliphatic hydroxyl groups is 1. The lowest BCUT2D eigenvalue weighted by atomic mass is 10.2. The van der Waals surface area contributed by atoms with Gasteiger partial charge in [0, 0.05) is 5.56 Å². The van der Waals surface area contributed by atoms with E-state index in [9.17, 15) is 9.59 Å². The van der Waals surface area contributed by atoms with Gasteiger partial charge in [0.25, 0.3) is 17.8 Å². The van der Waals surface area contributed by atoms with E-state index in [4.69, 9.17) is 19.4 Å². The number of amides is 1.